The predicted octanol–water partition coefficient (Wildman–Crippen LogP) is -0.346. The van der Waals surface area contributed by atoms with Crippen LogP contribution in [0, 0.1) is 0 Å². The van der Waals surface area contributed by atoms with Crippen LogP contribution in [0.2, 0.25) is 0 Å². The lowest BCUT2D eigenvalue weighted by Crippen LogP contribution is -2.50. The highest BCUT2D eigenvalue weighted by Crippen LogP contribution is 2.15. The molecule has 0 aliphatic carbocycles. The van der Waals surface area contributed by atoms with Crippen molar-refractivity contribution in [3.05, 3.63) is 0 Å². The van der Waals surface area contributed by atoms with E-state index in [1.54, 1.807) is 6.92 Å². The van der Waals surface area contributed by atoms with Crippen LogP contribution in [0.5, 0.6) is 0 Å². The SMILES string of the molecule is CCCS(=O)(=O)N1CCC(NC(=O)[C@H](C)N)CC1. The quantitative estimate of drug-likeness (QED) is 0.718. The maximum Gasteiger partial charge on any atom is 0.236 e. The molecule has 1 fully saturated rings. The number of nitrogens with zero attached hydrogens (tertiary/aromatic N) is 1. The summed E-state index contributed by atoms with van der Waals surface area (Å²) in [4.78, 5) is 11.4. The number of nitrogens with two attached hydrogens (primary N) is 1. The van der Waals surface area contributed by atoms with E-state index in [9.17, 15) is 13.2 Å². The molecule has 0 saturated carbocycles. The third-order valence-electron chi connectivity index (χ3n) is 3.07. The van der Waals surface area contributed by atoms with Crippen LogP contribution in [-0.4, -0.2) is 49.6 Å². The van der Waals surface area contributed by atoms with E-state index in [0.717, 1.165) is 0 Å². The summed E-state index contributed by atoms with van der Waals surface area (Å²) < 4.78 is 25.2. The Bertz CT molecular complexity index is 373. The molecule has 3 N–H and O–H groups in total. The number of rotatable bonds is 5. The first-order valence-corrected chi connectivity index (χ1v) is 8.01. The molecule has 0 spiro atoms. The predicted molar refractivity (Wildman–Crippen MR) is 70.5 cm³/mol. The summed E-state index contributed by atoms with van der Waals surface area (Å²) in [5.41, 5.74) is 5.47. The third-order valence-corrected chi connectivity index (χ3v) is 5.15. The minimum atomic E-state index is -3.11. The maximum atomic E-state index is 11.8. The van der Waals surface area contributed by atoms with Crippen molar-refractivity contribution in [1.29, 1.82) is 0 Å². The highest BCUT2D eigenvalue weighted by molar-refractivity contribution is 7.89. The van der Waals surface area contributed by atoms with E-state index in [1.807, 2.05) is 6.92 Å². The van der Waals surface area contributed by atoms with Gasteiger partial charge in [-0.2, -0.15) is 0 Å². The fourth-order valence-electron chi connectivity index (χ4n) is 2.00. The van der Waals surface area contributed by atoms with Crippen molar-refractivity contribution in [2.24, 2.45) is 5.73 Å². The molecule has 0 aromatic heterocycles. The van der Waals surface area contributed by atoms with Crippen LogP contribution >= 0.6 is 0 Å². The van der Waals surface area contributed by atoms with Crippen molar-refractivity contribution in [2.45, 2.75) is 45.2 Å². The first kappa shape index (κ1) is 15.4. The molecule has 1 amide bonds. The molecule has 0 unspecified atom stereocenters. The Labute approximate surface area is 109 Å². The summed E-state index contributed by atoms with van der Waals surface area (Å²) >= 11 is 0. The molecule has 0 aromatic carbocycles. The first-order valence-electron chi connectivity index (χ1n) is 6.40. The number of amides is 1. The van der Waals surface area contributed by atoms with Crippen LogP contribution in [-0.2, 0) is 14.8 Å². The highest BCUT2D eigenvalue weighted by atomic mass is 32.2. The van der Waals surface area contributed by atoms with Crippen LogP contribution in [0.25, 0.3) is 0 Å². The highest BCUT2D eigenvalue weighted by Gasteiger charge is 2.28. The molecule has 1 heterocycles. The van der Waals surface area contributed by atoms with Crippen molar-refractivity contribution in [1.82, 2.24) is 9.62 Å². The lowest BCUT2D eigenvalue weighted by Gasteiger charge is -2.31. The molecule has 6 nitrogen and oxygen atoms in total. The van der Waals surface area contributed by atoms with Gasteiger partial charge in [-0.25, -0.2) is 12.7 Å². The Morgan fingerprint density at radius 2 is 2.00 bits per heavy atom. The Balaban J connectivity index is 2.44. The van der Waals surface area contributed by atoms with Gasteiger partial charge in [-0.05, 0) is 26.2 Å². The van der Waals surface area contributed by atoms with Gasteiger partial charge in [0, 0.05) is 19.1 Å². The summed E-state index contributed by atoms with van der Waals surface area (Å²) in [6.07, 6.45) is 1.94. The summed E-state index contributed by atoms with van der Waals surface area (Å²) in [5, 5.41) is 2.84. The van der Waals surface area contributed by atoms with E-state index in [1.165, 1.54) is 4.31 Å². The average molecular weight is 277 g/mol. The fraction of sp³-hybridized carbons (Fsp3) is 0.909. The van der Waals surface area contributed by atoms with Crippen molar-refractivity contribution in [3.63, 3.8) is 0 Å². The van der Waals surface area contributed by atoms with Crippen LogP contribution in [0.15, 0.2) is 0 Å². The molecule has 0 aromatic rings. The lowest BCUT2D eigenvalue weighted by molar-refractivity contribution is -0.122. The van der Waals surface area contributed by atoms with Crippen molar-refractivity contribution in [3.8, 4) is 0 Å². The number of piperidine rings is 1. The molecular formula is C11H23N3O3S. The number of nitrogens with one attached hydrogen (secondary N) is 1. The number of hydrogen-bond donors (Lipinski definition) is 2. The summed E-state index contributed by atoms with van der Waals surface area (Å²) in [6, 6.07) is -0.483. The largest absolute Gasteiger partial charge is 0.352 e. The van der Waals surface area contributed by atoms with Crippen molar-refractivity contribution < 1.29 is 13.2 Å². The van der Waals surface area contributed by atoms with Gasteiger partial charge < -0.3 is 11.1 Å². The minimum Gasteiger partial charge on any atom is -0.352 e. The van der Waals surface area contributed by atoms with Gasteiger partial charge in [0.15, 0.2) is 0 Å². The van der Waals surface area contributed by atoms with Gasteiger partial charge in [0.1, 0.15) is 0 Å². The van der Waals surface area contributed by atoms with Gasteiger partial charge in [0.25, 0.3) is 0 Å². The molecule has 0 bridgehead atoms. The van der Waals surface area contributed by atoms with Crippen LogP contribution < -0.4 is 11.1 Å². The van der Waals surface area contributed by atoms with E-state index in [4.69, 9.17) is 5.73 Å². The van der Waals surface area contributed by atoms with E-state index in [2.05, 4.69) is 5.32 Å². The molecule has 0 radical (unpaired) electrons. The standard InChI is InChI=1S/C11H23N3O3S/c1-3-8-18(16,17)14-6-4-10(5-7-14)13-11(15)9(2)12/h9-10H,3-8,12H2,1-2H3,(H,13,15)/t9-/m0/s1. The number of sulfonamides is 1. The van der Waals surface area contributed by atoms with Crippen LogP contribution in [0.4, 0.5) is 0 Å². The zero-order valence-electron chi connectivity index (χ0n) is 11.1. The Morgan fingerprint density at radius 1 is 1.44 bits per heavy atom. The summed E-state index contributed by atoms with van der Waals surface area (Å²) in [7, 11) is -3.11. The molecule has 106 valence electrons. The molecule has 1 aliphatic rings. The van der Waals surface area contributed by atoms with Crippen LogP contribution in [0.3, 0.4) is 0 Å². The van der Waals surface area contributed by atoms with Crippen molar-refractivity contribution >= 4 is 15.9 Å². The third kappa shape index (κ3) is 4.22. The number of carbonyl (C=O) groups excluding carboxylic acids is 1. The van der Waals surface area contributed by atoms with Crippen molar-refractivity contribution in [2.75, 3.05) is 18.8 Å². The first-order chi connectivity index (χ1) is 8.36. The molecule has 1 atom stereocenters. The summed E-state index contributed by atoms with van der Waals surface area (Å²) in [5.74, 6) is 0.0222. The number of hydrogen-bond acceptors (Lipinski definition) is 4. The van der Waals surface area contributed by atoms with Gasteiger partial charge in [-0.1, -0.05) is 6.92 Å². The smallest absolute Gasteiger partial charge is 0.236 e. The van der Waals surface area contributed by atoms with E-state index in [-0.39, 0.29) is 17.7 Å². The van der Waals surface area contributed by atoms with E-state index < -0.39 is 16.1 Å². The van der Waals surface area contributed by atoms with Gasteiger partial charge >= 0.3 is 0 Å². The lowest BCUT2D eigenvalue weighted by atomic mass is 10.1. The van der Waals surface area contributed by atoms with Gasteiger partial charge in [-0.3, -0.25) is 4.79 Å². The maximum absolute atomic E-state index is 11.8. The molecular weight excluding hydrogens is 254 g/mol. The van der Waals surface area contributed by atoms with Gasteiger partial charge in [-0.15, -0.1) is 0 Å². The average Bonchev–Trinajstić information content (AvgIpc) is 2.29. The second kappa shape index (κ2) is 6.49. The normalized spacial score (nSPS) is 20.6. The minimum absolute atomic E-state index is 0.0385. The fourth-order valence-corrected chi connectivity index (χ4v) is 3.54. The van der Waals surface area contributed by atoms with Gasteiger partial charge in [0.05, 0.1) is 11.8 Å². The zero-order chi connectivity index (χ0) is 13.8. The molecule has 7 heteroatoms. The summed E-state index contributed by atoms with van der Waals surface area (Å²) in [6.45, 7) is 4.45. The molecule has 1 rings (SSSR count). The second-order valence-electron chi connectivity index (χ2n) is 4.79. The molecule has 18 heavy (non-hydrogen) atoms. The Hall–Kier alpha value is -0.660. The van der Waals surface area contributed by atoms with Crippen LogP contribution in [0.1, 0.15) is 33.1 Å². The number of carbonyl (C=O) groups is 1. The Kier molecular flexibility index (Phi) is 5.55. The van der Waals surface area contributed by atoms with E-state index >= 15 is 0 Å². The zero-order valence-corrected chi connectivity index (χ0v) is 11.9. The molecule has 1 saturated heterocycles. The second-order valence-corrected chi connectivity index (χ2v) is 6.88. The monoisotopic (exact) mass is 277 g/mol. The van der Waals surface area contributed by atoms with E-state index in [0.29, 0.717) is 32.4 Å². The Morgan fingerprint density at radius 3 is 2.44 bits per heavy atom. The molecule has 1 aliphatic heterocycles. The topological polar surface area (TPSA) is 92.5 Å². The van der Waals surface area contributed by atoms with Gasteiger partial charge in [0.2, 0.25) is 15.9 Å².